The van der Waals surface area contributed by atoms with Crippen LogP contribution in [-0.4, -0.2) is 54.4 Å². The number of ether oxygens (including phenoxy) is 1. The van der Waals surface area contributed by atoms with E-state index in [-0.39, 0.29) is 23.1 Å². The number of anilines is 1. The van der Waals surface area contributed by atoms with Crippen molar-refractivity contribution in [1.82, 2.24) is 9.55 Å². The average Bonchev–Trinajstić information content (AvgIpc) is 3.20. The Morgan fingerprint density at radius 2 is 1.74 bits per heavy atom. The minimum absolute atomic E-state index is 0.00415. The van der Waals surface area contributed by atoms with Gasteiger partial charge in [-0.2, -0.15) is 4.39 Å². The summed E-state index contributed by atoms with van der Waals surface area (Å²) in [5.41, 5.74) is 0.448. The average molecular weight is 556 g/mol. The number of hydrogen-bond acceptors (Lipinski definition) is 6. The summed E-state index contributed by atoms with van der Waals surface area (Å²) in [6, 6.07) is 10.9. The smallest absolute Gasteiger partial charge is 0.419 e. The van der Waals surface area contributed by atoms with Crippen molar-refractivity contribution >= 4 is 31.1 Å². The lowest BCUT2D eigenvalue weighted by molar-refractivity contribution is 0.0547. The van der Waals surface area contributed by atoms with Crippen LogP contribution in [0.1, 0.15) is 54.4 Å². The fourth-order valence-electron chi connectivity index (χ4n) is 4.53. The number of pyridine rings is 1. The normalized spacial score (nSPS) is 15.6. The molecule has 1 saturated heterocycles. The lowest BCUT2D eigenvalue weighted by Gasteiger charge is -2.36. The number of aliphatic hydroxyl groups is 1. The third-order valence-electron chi connectivity index (χ3n) is 7.84. The first-order valence-corrected chi connectivity index (χ1v) is 16.6. The Labute approximate surface area is 232 Å². The van der Waals surface area contributed by atoms with Crippen LogP contribution in [-0.2, 0) is 4.74 Å². The van der Waals surface area contributed by atoms with Crippen LogP contribution >= 0.6 is 0 Å². The van der Waals surface area contributed by atoms with E-state index in [9.17, 15) is 9.90 Å². The molecule has 0 aliphatic carbocycles. The molecule has 1 aliphatic heterocycles. The zero-order valence-corrected chi connectivity index (χ0v) is 25.5. The predicted molar refractivity (Wildman–Crippen MR) is 157 cm³/mol. The first-order chi connectivity index (χ1) is 18.1. The van der Waals surface area contributed by atoms with Gasteiger partial charge in [-0.1, -0.05) is 20.8 Å². The number of hydrogen-bond donors (Lipinski definition) is 1. The molecule has 0 atom stereocenters. The highest BCUT2D eigenvalue weighted by molar-refractivity contribution is 6.74. The van der Waals surface area contributed by atoms with E-state index in [0.29, 0.717) is 35.9 Å². The van der Waals surface area contributed by atoms with E-state index in [1.54, 1.807) is 39.0 Å². The SMILES string of the molecule is CC(C)(C)OC(=O)n1c(-c2ccc(N3CCC(CO)CC3)nc2F)cc2ccc(O[Si](C)(C)C(C)(C)C)cc21. The standard InChI is InChI=1S/C30H42FN3O4Si/c1-29(2,3)37-28(36)34-24-18-22(38-39(7,8)30(4,5)6)10-9-21(24)17-25(34)23-11-12-26(32-27(23)31)33-15-13-20(19-35)14-16-33/h9-12,17-18,20,35H,13-16,19H2,1-8H3. The molecule has 0 amide bonds. The quantitative estimate of drug-likeness (QED) is 0.265. The monoisotopic (exact) mass is 555 g/mol. The molecule has 7 nitrogen and oxygen atoms in total. The van der Waals surface area contributed by atoms with Crippen LogP contribution in [0.3, 0.4) is 0 Å². The molecule has 1 N–H and O–H groups in total. The van der Waals surface area contributed by atoms with Crippen molar-refractivity contribution in [3.63, 3.8) is 0 Å². The molecule has 1 fully saturated rings. The molecule has 212 valence electrons. The summed E-state index contributed by atoms with van der Waals surface area (Å²) in [5.74, 6) is 0.851. The zero-order chi connectivity index (χ0) is 28.8. The van der Waals surface area contributed by atoms with Crippen LogP contribution in [0.5, 0.6) is 5.75 Å². The summed E-state index contributed by atoms with van der Waals surface area (Å²) in [6.45, 7) is 17.9. The summed E-state index contributed by atoms with van der Waals surface area (Å²) in [4.78, 5) is 19.8. The maximum absolute atomic E-state index is 15.6. The molecule has 4 rings (SSSR count). The van der Waals surface area contributed by atoms with E-state index < -0.39 is 26.0 Å². The molecule has 0 bridgehead atoms. The molecule has 0 spiro atoms. The van der Waals surface area contributed by atoms with Crippen molar-refractivity contribution in [2.24, 2.45) is 5.92 Å². The number of nitrogens with zero attached hydrogens (tertiary/aromatic N) is 3. The zero-order valence-electron chi connectivity index (χ0n) is 24.5. The third kappa shape index (κ3) is 6.30. The Morgan fingerprint density at radius 3 is 2.31 bits per heavy atom. The first kappa shape index (κ1) is 29.1. The summed E-state index contributed by atoms with van der Waals surface area (Å²) >= 11 is 0. The number of benzene rings is 1. The second-order valence-corrected chi connectivity index (χ2v) is 17.8. The van der Waals surface area contributed by atoms with Gasteiger partial charge < -0.3 is 19.2 Å². The van der Waals surface area contributed by atoms with E-state index in [0.717, 1.165) is 18.2 Å². The number of carbonyl (C=O) groups excluding carboxylic acids is 1. The fourth-order valence-corrected chi connectivity index (χ4v) is 5.55. The Kier molecular flexibility index (Phi) is 7.89. The van der Waals surface area contributed by atoms with Gasteiger partial charge in [0.05, 0.1) is 16.8 Å². The van der Waals surface area contributed by atoms with Gasteiger partial charge in [0.25, 0.3) is 0 Å². The molecule has 3 aromatic rings. The molecule has 3 heterocycles. The molecule has 0 unspecified atom stereocenters. The molecule has 2 aromatic heterocycles. The summed E-state index contributed by atoms with van der Waals surface area (Å²) in [6.07, 6.45) is 1.09. The van der Waals surface area contributed by atoms with Crippen LogP contribution in [0.15, 0.2) is 36.4 Å². The van der Waals surface area contributed by atoms with E-state index >= 15 is 4.39 Å². The van der Waals surface area contributed by atoms with Crippen molar-refractivity contribution in [2.45, 2.75) is 78.1 Å². The van der Waals surface area contributed by atoms with Gasteiger partial charge in [0.15, 0.2) is 0 Å². The van der Waals surface area contributed by atoms with E-state index in [4.69, 9.17) is 9.16 Å². The van der Waals surface area contributed by atoms with Crippen molar-refractivity contribution in [2.75, 3.05) is 24.6 Å². The lowest BCUT2D eigenvalue weighted by atomic mass is 9.98. The topological polar surface area (TPSA) is 76.8 Å². The van der Waals surface area contributed by atoms with E-state index in [2.05, 4.69) is 38.8 Å². The minimum Gasteiger partial charge on any atom is -0.543 e. The number of halogens is 1. The largest absolute Gasteiger partial charge is 0.543 e. The van der Waals surface area contributed by atoms with Gasteiger partial charge in [0.2, 0.25) is 14.3 Å². The third-order valence-corrected chi connectivity index (χ3v) is 12.2. The first-order valence-electron chi connectivity index (χ1n) is 13.7. The number of aliphatic hydroxyl groups excluding tert-OH is 1. The second-order valence-electron chi connectivity index (χ2n) is 13.0. The number of piperidine rings is 1. The number of carbonyl (C=O) groups is 1. The molecule has 9 heteroatoms. The van der Waals surface area contributed by atoms with Gasteiger partial charge in [-0.05, 0) is 88.0 Å². The fraction of sp³-hybridized carbons (Fsp3) is 0.533. The van der Waals surface area contributed by atoms with E-state index in [1.807, 2.05) is 23.1 Å². The van der Waals surface area contributed by atoms with Crippen molar-refractivity contribution in [1.29, 1.82) is 0 Å². The highest BCUT2D eigenvalue weighted by Gasteiger charge is 2.39. The van der Waals surface area contributed by atoms with Crippen LogP contribution < -0.4 is 9.33 Å². The minimum atomic E-state index is -2.13. The Morgan fingerprint density at radius 1 is 1.08 bits per heavy atom. The number of aromatic nitrogens is 2. The Balaban J connectivity index is 1.77. The number of fused-ring (bicyclic) bond motifs is 1. The van der Waals surface area contributed by atoms with Gasteiger partial charge in [-0.15, -0.1) is 0 Å². The van der Waals surface area contributed by atoms with Crippen molar-refractivity contribution < 1.29 is 23.5 Å². The molecule has 1 aromatic carbocycles. The molecule has 1 aliphatic rings. The Bertz CT molecular complexity index is 1350. The van der Waals surface area contributed by atoms with Crippen LogP contribution in [0, 0.1) is 11.9 Å². The van der Waals surface area contributed by atoms with Crippen LogP contribution in [0.4, 0.5) is 15.0 Å². The maximum atomic E-state index is 15.6. The summed E-state index contributed by atoms with van der Waals surface area (Å²) in [7, 11) is -2.13. The summed E-state index contributed by atoms with van der Waals surface area (Å²) in [5, 5.41) is 10.2. The molecular weight excluding hydrogens is 513 g/mol. The Hall–Kier alpha value is -2.91. The predicted octanol–water partition coefficient (Wildman–Crippen LogP) is 7.22. The van der Waals surface area contributed by atoms with Gasteiger partial charge >= 0.3 is 6.09 Å². The van der Waals surface area contributed by atoms with E-state index in [1.165, 1.54) is 4.57 Å². The molecular formula is C30H42FN3O4Si. The summed E-state index contributed by atoms with van der Waals surface area (Å²) < 4.78 is 29.3. The van der Waals surface area contributed by atoms with Crippen LogP contribution in [0.2, 0.25) is 18.1 Å². The second kappa shape index (κ2) is 10.6. The highest BCUT2D eigenvalue weighted by Crippen LogP contribution is 2.39. The lowest BCUT2D eigenvalue weighted by Crippen LogP contribution is -2.43. The number of rotatable bonds is 5. The van der Waals surface area contributed by atoms with Crippen molar-refractivity contribution in [3.8, 4) is 17.0 Å². The van der Waals surface area contributed by atoms with Crippen molar-refractivity contribution in [3.05, 3.63) is 42.3 Å². The molecule has 39 heavy (non-hydrogen) atoms. The maximum Gasteiger partial charge on any atom is 0.419 e. The van der Waals surface area contributed by atoms with Crippen LogP contribution in [0.25, 0.3) is 22.2 Å². The van der Waals surface area contributed by atoms with Gasteiger partial charge in [-0.3, -0.25) is 0 Å². The highest BCUT2D eigenvalue weighted by atomic mass is 28.4. The van der Waals surface area contributed by atoms with Gasteiger partial charge in [0, 0.05) is 31.1 Å². The van der Waals surface area contributed by atoms with Gasteiger partial charge in [-0.25, -0.2) is 14.3 Å². The van der Waals surface area contributed by atoms with Gasteiger partial charge in [0.1, 0.15) is 17.2 Å². The molecule has 0 radical (unpaired) electrons. The molecule has 0 saturated carbocycles.